The van der Waals surface area contributed by atoms with Gasteiger partial charge in [-0.3, -0.25) is 4.79 Å². The number of hydrogen-bond donors (Lipinski definition) is 1. The number of carbonyl (C=O) groups is 1. The predicted octanol–water partition coefficient (Wildman–Crippen LogP) is 6.97. The van der Waals surface area contributed by atoms with Gasteiger partial charge in [0, 0.05) is 0 Å². The van der Waals surface area contributed by atoms with Crippen LogP contribution in [0.4, 0.5) is 0 Å². The zero-order chi connectivity index (χ0) is 25.5. The molecule has 6 heteroatoms. The topological polar surface area (TPSA) is 71.3 Å². The van der Waals surface area contributed by atoms with Crippen LogP contribution >= 0.6 is 15.9 Å². The first-order valence-electron chi connectivity index (χ1n) is 11.4. The van der Waals surface area contributed by atoms with Crippen molar-refractivity contribution in [2.75, 3.05) is 7.11 Å². The maximum Gasteiger partial charge on any atom is 0.262 e. The molecule has 1 amide bonds. The Labute approximate surface area is 219 Å². The molecule has 0 radical (unpaired) electrons. The third kappa shape index (κ3) is 5.76. The minimum absolute atomic E-state index is 0.00356. The maximum atomic E-state index is 12.8. The predicted molar refractivity (Wildman–Crippen MR) is 146 cm³/mol. The Bertz CT molecular complexity index is 1450. The highest BCUT2D eigenvalue weighted by Crippen LogP contribution is 2.38. The number of nitriles is 1. The van der Waals surface area contributed by atoms with Gasteiger partial charge in [0.05, 0.1) is 17.6 Å². The smallest absolute Gasteiger partial charge is 0.262 e. The van der Waals surface area contributed by atoms with Crippen molar-refractivity contribution in [1.29, 1.82) is 5.26 Å². The normalized spacial score (nSPS) is 12.0. The number of halogens is 1. The van der Waals surface area contributed by atoms with E-state index < -0.39 is 5.91 Å². The number of fused-ring (bicyclic) bond motifs is 1. The summed E-state index contributed by atoms with van der Waals surface area (Å²) in [5.74, 6) is 0.592. The summed E-state index contributed by atoms with van der Waals surface area (Å²) in [5, 5.41) is 14.8. The SMILES string of the molecule is COc1cc(/C=C(\C#N)C(=O)N[C@H](C)c2ccccc2)cc(Br)c1OCc1cccc2ccccc12. The summed E-state index contributed by atoms with van der Waals surface area (Å²) >= 11 is 3.56. The molecule has 36 heavy (non-hydrogen) atoms. The second kappa shape index (κ2) is 11.6. The summed E-state index contributed by atoms with van der Waals surface area (Å²) in [7, 11) is 1.56. The van der Waals surface area contributed by atoms with E-state index in [1.807, 2.05) is 67.6 Å². The van der Waals surface area contributed by atoms with E-state index in [4.69, 9.17) is 9.47 Å². The second-order valence-corrected chi connectivity index (χ2v) is 9.09. The third-order valence-corrected chi connectivity index (χ3v) is 6.42. The molecule has 0 saturated heterocycles. The minimum atomic E-state index is -0.444. The maximum absolute atomic E-state index is 12.8. The van der Waals surface area contributed by atoms with Crippen molar-refractivity contribution in [3.05, 3.63) is 112 Å². The largest absolute Gasteiger partial charge is 0.493 e. The van der Waals surface area contributed by atoms with Crippen LogP contribution in [-0.2, 0) is 11.4 Å². The number of rotatable bonds is 8. The van der Waals surface area contributed by atoms with E-state index in [9.17, 15) is 10.1 Å². The van der Waals surface area contributed by atoms with Gasteiger partial charge >= 0.3 is 0 Å². The highest BCUT2D eigenvalue weighted by Gasteiger charge is 2.16. The van der Waals surface area contributed by atoms with Crippen molar-refractivity contribution in [2.45, 2.75) is 19.6 Å². The molecule has 1 atom stereocenters. The molecule has 4 aromatic rings. The molecule has 4 aromatic carbocycles. The van der Waals surface area contributed by atoms with Gasteiger partial charge in [-0.25, -0.2) is 0 Å². The molecule has 1 N–H and O–H groups in total. The molecule has 0 saturated carbocycles. The van der Waals surface area contributed by atoms with Crippen LogP contribution in [0.2, 0.25) is 0 Å². The Morgan fingerprint density at radius 2 is 1.78 bits per heavy atom. The van der Waals surface area contributed by atoms with E-state index in [0.717, 1.165) is 21.9 Å². The standard InChI is InChI=1S/C30H25BrN2O3/c1-20(22-9-4-3-5-10-22)33-30(34)25(18-32)15-21-16-27(31)29(28(17-21)35-2)36-19-24-13-8-12-23-11-6-7-14-26(23)24/h3-17,20H,19H2,1-2H3,(H,33,34)/b25-15+/t20-/m1/s1. The lowest BCUT2D eigenvalue weighted by Gasteiger charge is -2.15. The number of nitrogens with zero attached hydrogens (tertiary/aromatic N) is 1. The summed E-state index contributed by atoms with van der Waals surface area (Å²) in [5.41, 5.74) is 2.65. The van der Waals surface area contributed by atoms with Crippen molar-refractivity contribution in [1.82, 2.24) is 5.32 Å². The molecule has 180 valence electrons. The Morgan fingerprint density at radius 1 is 1.06 bits per heavy atom. The van der Waals surface area contributed by atoms with Gasteiger partial charge in [-0.2, -0.15) is 5.26 Å². The summed E-state index contributed by atoms with van der Waals surface area (Å²) in [4.78, 5) is 12.8. The molecule has 5 nitrogen and oxygen atoms in total. The average Bonchev–Trinajstić information content (AvgIpc) is 2.91. The van der Waals surface area contributed by atoms with Gasteiger partial charge < -0.3 is 14.8 Å². The molecule has 0 bridgehead atoms. The molecule has 4 rings (SSSR count). The van der Waals surface area contributed by atoms with Crippen LogP contribution in [0.25, 0.3) is 16.8 Å². The van der Waals surface area contributed by atoms with Crippen molar-refractivity contribution in [3.8, 4) is 17.6 Å². The fourth-order valence-corrected chi connectivity index (χ4v) is 4.52. The van der Waals surface area contributed by atoms with Crippen LogP contribution in [0.5, 0.6) is 11.5 Å². The number of benzene rings is 4. The van der Waals surface area contributed by atoms with Gasteiger partial charge in [-0.15, -0.1) is 0 Å². The zero-order valence-electron chi connectivity index (χ0n) is 20.0. The lowest BCUT2D eigenvalue weighted by atomic mass is 10.1. The van der Waals surface area contributed by atoms with E-state index >= 15 is 0 Å². The molecule has 0 heterocycles. The summed E-state index contributed by atoms with van der Waals surface area (Å²) in [6.07, 6.45) is 1.54. The second-order valence-electron chi connectivity index (χ2n) is 8.24. The highest BCUT2D eigenvalue weighted by atomic mass is 79.9. The van der Waals surface area contributed by atoms with Crippen LogP contribution in [-0.4, -0.2) is 13.0 Å². The number of methoxy groups -OCH3 is 1. The van der Waals surface area contributed by atoms with Crippen LogP contribution in [0, 0.1) is 11.3 Å². The Kier molecular flexibility index (Phi) is 8.04. The number of hydrogen-bond acceptors (Lipinski definition) is 4. The fraction of sp³-hybridized carbons (Fsp3) is 0.133. The number of amides is 1. The van der Waals surface area contributed by atoms with Crippen LogP contribution in [0.15, 0.2) is 95.0 Å². The fourth-order valence-electron chi connectivity index (χ4n) is 3.95. The average molecular weight is 541 g/mol. The molecular weight excluding hydrogens is 516 g/mol. The number of ether oxygens (including phenoxy) is 2. The first kappa shape index (κ1) is 25.0. The summed E-state index contributed by atoms with van der Waals surface area (Å²) in [6.45, 7) is 2.23. The van der Waals surface area contributed by atoms with Gasteiger partial charge in [0.15, 0.2) is 11.5 Å². The minimum Gasteiger partial charge on any atom is -0.493 e. The molecule has 0 spiro atoms. The van der Waals surface area contributed by atoms with Crippen molar-refractivity contribution in [3.63, 3.8) is 0 Å². The molecule has 0 fully saturated rings. The van der Waals surface area contributed by atoms with E-state index in [1.54, 1.807) is 19.2 Å². The van der Waals surface area contributed by atoms with Gasteiger partial charge in [0.2, 0.25) is 0 Å². The van der Waals surface area contributed by atoms with Crippen LogP contribution in [0.1, 0.15) is 29.7 Å². The lowest BCUT2D eigenvalue weighted by molar-refractivity contribution is -0.117. The first-order chi connectivity index (χ1) is 17.5. The molecule has 0 aliphatic heterocycles. The summed E-state index contributed by atoms with van der Waals surface area (Å²) < 4.78 is 12.4. The van der Waals surface area contributed by atoms with Crippen molar-refractivity contribution < 1.29 is 14.3 Å². The Morgan fingerprint density at radius 3 is 2.53 bits per heavy atom. The zero-order valence-corrected chi connectivity index (χ0v) is 21.6. The molecule has 0 aliphatic rings. The quantitative estimate of drug-likeness (QED) is 0.193. The van der Waals surface area contributed by atoms with E-state index in [2.05, 4.69) is 39.4 Å². The number of nitrogens with one attached hydrogen (secondary N) is 1. The van der Waals surface area contributed by atoms with Gasteiger partial charge in [0.1, 0.15) is 18.2 Å². The van der Waals surface area contributed by atoms with Crippen molar-refractivity contribution in [2.24, 2.45) is 0 Å². The third-order valence-electron chi connectivity index (χ3n) is 5.83. The van der Waals surface area contributed by atoms with Crippen LogP contribution in [0.3, 0.4) is 0 Å². The Hall–Kier alpha value is -4.08. The lowest BCUT2D eigenvalue weighted by Crippen LogP contribution is -2.27. The Balaban J connectivity index is 1.54. The molecule has 0 aliphatic carbocycles. The molecule has 0 aromatic heterocycles. The van der Waals surface area contributed by atoms with E-state index in [1.165, 1.54) is 6.08 Å². The molecule has 0 unspecified atom stereocenters. The van der Waals surface area contributed by atoms with Gasteiger partial charge in [-0.05, 0) is 68.5 Å². The van der Waals surface area contributed by atoms with Crippen LogP contribution < -0.4 is 14.8 Å². The van der Waals surface area contributed by atoms with E-state index in [0.29, 0.717) is 28.1 Å². The monoisotopic (exact) mass is 540 g/mol. The first-order valence-corrected chi connectivity index (χ1v) is 12.2. The summed E-state index contributed by atoms with van der Waals surface area (Å²) in [6, 6.07) is 29.2. The highest BCUT2D eigenvalue weighted by molar-refractivity contribution is 9.10. The van der Waals surface area contributed by atoms with Gasteiger partial charge in [0.25, 0.3) is 5.91 Å². The van der Waals surface area contributed by atoms with Crippen molar-refractivity contribution >= 4 is 38.7 Å². The van der Waals surface area contributed by atoms with Gasteiger partial charge in [-0.1, -0.05) is 72.8 Å². The number of carbonyl (C=O) groups excluding carboxylic acids is 1. The van der Waals surface area contributed by atoms with E-state index in [-0.39, 0.29) is 11.6 Å². The molecular formula is C30H25BrN2O3.